The van der Waals surface area contributed by atoms with E-state index in [2.05, 4.69) is 0 Å². The highest BCUT2D eigenvalue weighted by molar-refractivity contribution is 6.30. The lowest BCUT2D eigenvalue weighted by Crippen LogP contribution is -2.27. The van der Waals surface area contributed by atoms with E-state index in [0.29, 0.717) is 12.0 Å². The van der Waals surface area contributed by atoms with Gasteiger partial charge in [-0.1, -0.05) is 17.7 Å². The van der Waals surface area contributed by atoms with Gasteiger partial charge in [0.1, 0.15) is 11.6 Å². The van der Waals surface area contributed by atoms with Crippen molar-refractivity contribution in [2.45, 2.75) is 37.6 Å². The molecule has 92 valence electrons. The van der Waals surface area contributed by atoms with E-state index in [9.17, 15) is 9.18 Å². The molecule has 4 heteroatoms. The van der Waals surface area contributed by atoms with Crippen LogP contribution in [0.2, 0.25) is 5.02 Å². The van der Waals surface area contributed by atoms with Crippen LogP contribution in [-0.2, 0) is 4.79 Å². The Morgan fingerprint density at radius 1 is 1.59 bits per heavy atom. The first-order valence-electron chi connectivity index (χ1n) is 5.66. The summed E-state index contributed by atoms with van der Waals surface area (Å²) in [6, 6.07) is 4.52. The lowest BCUT2D eigenvalue weighted by atomic mass is 9.88. The number of nitrogens with two attached hydrogens (primary N) is 1. The van der Waals surface area contributed by atoms with Gasteiger partial charge in [0, 0.05) is 11.5 Å². The summed E-state index contributed by atoms with van der Waals surface area (Å²) in [7, 11) is 0. The maximum Gasteiger partial charge on any atom is 0.142 e. The third-order valence-corrected chi connectivity index (χ3v) is 3.65. The highest BCUT2D eigenvalue weighted by atomic mass is 35.5. The van der Waals surface area contributed by atoms with Gasteiger partial charge in [-0.2, -0.15) is 0 Å². The van der Waals surface area contributed by atoms with Gasteiger partial charge in [0.25, 0.3) is 0 Å². The topological polar surface area (TPSA) is 43.1 Å². The van der Waals surface area contributed by atoms with Crippen LogP contribution in [0.4, 0.5) is 4.39 Å². The summed E-state index contributed by atoms with van der Waals surface area (Å²) in [5, 5.41) is 0.0740. The average Bonchev–Trinajstić information content (AvgIpc) is 2.98. The molecule has 1 fully saturated rings. The van der Waals surface area contributed by atoms with Gasteiger partial charge in [-0.3, -0.25) is 4.79 Å². The Morgan fingerprint density at radius 3 is 2.71 bits per heavy atom. The van der Waals surface area contributed by atoms with Gasteiger partial charge in [-0.25, -0.2) is 4.39 Å². The lowest BCUT2D eigenvalue weighted by Gasteiger charge is -2.18. The van der Waals surface area contributed by atoms with E-state index in [1.54, 1.807) is 6.07 Å². The molecule has 0 saturated heterocycles. The predicted octanol–water partition coefficient (Wildman–Crippen LogP) is 3.03. The molecule has 0 aliphatic heterocycles. The van der Waals surface area contributed by atoms with Crippen molar-refractivity contribution >= 4 is 17.4 Å². The molecule has 2 nitrogen and oxygen atoms in total. The highest BCUT2D eigenvalue weighted by Crippen LogP contribution is 2.41. The van der Waals surface area contributed by atoms with Crippen LogP contribution in [0.5, 0.6) is 0 Å². The standard InChI is InChI=1S/C13H15ClFNO/c1-8(17)10(7-13(16)4-5-13)9-2-3-11(14)12(15)6-9/h2-3,6,10H,4-5,7,16H2,1H3. The van der Waals surface area contributed by atoms with E-state index in [4.69, 9.17) is 17.3 Å². The maximum atomic E-state index is 13.4. The number of ketones is 1. The Hall–Kier alpha value is -0.930. The van der Waals surface area contributed by atoms with E-state index >= 15 is 0 Å². The van der Waals surface area contributed by atoms with Gasteiger partial charge in [-0.15, -0.1) is 0 Å². The lowest BCUT2D eigenvalue weighted by molar-refractivity contribution is -0.118. The van der Waals surface area contributed by atoms with Crippen LogP contribution >= 0.6 is 11.6 Å². The summed E-state index contributed by atoms with van der Waals surface area (Å²) in [6.07, 6.45) is 2.46. The van der Waals surface area contributed by atoms with E-state index < -0.39 is 5.82 Å². The van der Waals surface area contributed by atoms with Crippen LogP contribution < -0.4 is 5.73 Å². The fourth-order valence-electron chi connectivity index (χ4n) is 2.00. The second-order valence-corrected chi connectivity index (χ2v) is 5.31. The smallest absolute Gasteiger partial charge is 0.142 e. The Balaban J connectivity index is 2.25. The second-order valence-electron chi connectivity index (χ2n) is 4.90. The van der Waals surface area contributed by atoms with Crippen molar-refractivity contribution in [1.29, 1.82) is 0 Å². The molecule has 1 aromatic rings. The minimum Gasteiger partial charge on any atom is -0.325 e. The third kappa shape index (κ3) is 2.85. The van der Waals surface area contributed by atoms with Gasteiger partial charge in [0.05, 0.1) is 5.02 Å². The van der Waals surface area contributed by atoms with Crippen LogP contribution in [0.3, 0.4) is 0 Å². The zero-order chi connectivity index (χ0) is 12.6. The molecule has 0 spiro atoms. The average molecular weight is 256 g/mol. The zero-order valence-electron chi connectivity index (χ0n) is 9.67. The van der Waals surface area contributed by atoms with Crippen molar-refractivity contribution in [1.82, 2.24) is 0 Å². The Bertz CT molecular complexity index is 457. The summed E-state index contributed by atoms with van der Waals surface area (Å²) in [5.74, 6) is -0.796. The van der Waals surface area contributed by atoms with Gasteiger partial charge in [-0.05, 0) is 43.9 Å². The van der Waals surface area contributed by atoms with Crippen molar-refractivity contribution in [2.75, 3.05) is 0 Å². The zero-order valence-corrected chi connectivity index (χ0v) is 10.4. The summed E-state index contributed by atoms with van der Waals surface area (Å²) in [4.78, 5) is 11.6. The first-order chi connectivity index (χ1) is 7.91. The molecule has 1 aliphatic carbocycles. The molecule has 17 heavy (non-hydrogen) atoms. The maximum absolute atomic E-state index is 13.4. The molecule has 0 heterocycles. The number of hydrogen-bond donors (Lipinski definition) is 1. The molecular formula is C13H15ClFNO. The summed E-state index contributed by atoms with van der Waals surface area (Å²) in [5.41, 5.74) is 6.45. The van der Waals surface area contributed by atoms with Crippen molar-refractivity contribution in [2.24, 2.45) is 5.73 Å². The van der Waals surface area contributed by atoms with E-state index in [0.717, 1.165) is 12.8 Å². The normalized spacial score (nSPS) is 18.8. The molecular weight excluding hydrogens is 241 g/mol. The Kier molecular flexibility index (Phi) is 3.23. The summed E-state index contributed by atoms with van der Waals surface area (Å²) >= 11 is 5.63. The molecule has 0 radical (unpaired) electrons. The van der Waals surface area contributed by atoms with Crippen molar-refractivity contribution in [3.8, 4) is 0 Å². The number of benzene rings is 1. The molecule has 0 aromatic heterocycles. The van der Waals surface area contributed by atoms with Crippen LogP contribution in [-0.4, -0.2) is 11.3 Å². The number of Topliss-reactive ketones (excluding diaryl/α,β-unsaturated/α-hetero) is 1. The number of carbonyl (C=O) groups is 1. The van der Waals surface area contributed by atoms with Gasteiger partial charge < -0.3 is 5.73 Å². The fraction of sp³-hybridized carbons (Fsp3) is 0.462. The monoisotopic (exact) mass is 255 g/mol. The second kappa shape index (κ2) is 4.39. The third-order valence-electron chi connectivity index (χ3n) is 3.34. The van der Waals surface area contributed by atoms with E-state index in [1.165, 1.54) is 19.1 Å². The number of rotatable bonds is 4. The molecule has 1 aromatic carbocycles. The molecule has 2 rings (SSSR count). The van der Waals surface area contributed by atoms with Gasteiger partial charge in [0.15, 0.2) is 0 Å². The SMILES string of the molecule is CC(=O)C(CC1(N)CC1)c1ccc(Cl)c(F)c1. The first kappa shape index (κ1) is 12.5. The van der Waals surface area contributed by atoms with Gasteiger partial charge >= 0.3 is 0 Å². The largest absolute Gasteiger partial charge is 0.325 e. The molecule has 0 bridgehead atoms. The molecule has 1 saturated carbocycles. The Morgan fingerprint density at radius 2 is 2.24 bits per heavy atom. The number of carbonyl (C=O) groups excluding carboxylic acids is 1. The number of hydrogen-bond acceptors (Lipinski definition) is 2. The Labute approximate surface area is 105 Å². The minimum atomic E-state index is -0.489. The van der Waals surface area contributed by atoms with Crippen LogP contribution in [0.15, 0.2) is 18.2 Å². The summed E-state index contributed by atoms with van der Waals surface area (Å²) < 4.78 is 13.4. The fourth-order valence-corrected chi connectivity index (χ4v) is 2.11. The predicted molar refractivity (Wildman–Crippen MR) is 65.6 cm³/mol. The quantitative estimate of drug-likeness (QED) is 0.899. The van der Waals surface area contributed by atoms with Crippen molar-refractivity contribution in [3.05, 3.63) is 34.6 Å². The van der Waals surface area contributed by atoms with Crippen molar-refractivity contribution < 1.29 is 9.18 Å². The molecule has 1 aliphatic rings. The van der Waals surface area contributed by atoms with E-state index in [1.807, 2.05) is 0 Å². The molecule has 1 atom stereocenters. The number of halogens is 2. The van der Waals surface area contributed by atoms with Gasteiger partial charge in [0.2, 0.25) is 0 Å². The van der Waals surface area contributed by atoms with Crippen LogP contribution in [0, 0.1) is 5.82 Å². The molecule has 1 unspecified atom stereocenters. The first-order valence-corrected chi connectivity index (χ1v) is 6.03. The molecule has 2 N–H and O–H groups in total. The van der Waals surface area contributed by atoms with Crippen LogP contribution in [0.25, 0.3) is 0 Å². The minimum absolute atomic E-state index is 0.0171. The highest BCUT2D eigenvalue weighted by Gasteiger charge is 2.41. The van der Waals surface area contributed by atoms with Crippen LogP contribution in [0.1, 0.15) is 37.7 Å². The van der Waals surface area contributed by atoms with E-state index in [-0.39, 0.29) is 22.3 Å². The summed E-state index contributed by atoms with van der Waals surface area (Å²) in [6.45, 7) is 1.52. The van der Waals surface area contributed by atoms with Crippen molar-refractivity contribution in [3.63, 3.8) is 0 Å². The molecule has 0 amide bonds.